The standard InChI is InChI=1S/C17H17FN2O3S/c1-12-20-16-10-13(4-7-17(16)23-12)8-9-19-24(21,22)11-14-2-5-15(18)6-3-14/h2-7,10,19H,8-9,11H2,1H3. The van der Waals surface area contributed by atoms with Crippen molar-refractivity contribution in [1.82, 2.24) is 9.71 Å². The molecule has 0 fully saturated rings. The molecule has 1 N–H and O–H groups in total. The van der Waals surface area contributed by atoms with Gasteiger partial charge in [-0.05, 0) is 41.8 Å². The lowest BCUT2D eigenvalue weighted by Crippen LogP contribution is -2.27. The van der Waals surface area contributed by atoms with Crippen LogP contribution in [0.5, 0.6) is 0 Å². The Hall–Kier alpha value is -2.25. The van der Waals surface area contributed by atoms with E-state index in [-0.39, 0.29) is 18.1 Å². The number of aromatic nitrogens is 1. The molecule has 0 radical (unpaired) electrons. The lowest BCUT2D eigenvalue weighted by Gasteiger charge is -2.07. The Labute approximate surface area is 139 Å². The first-order chi connectivity index (χ1) is 11.4. The summed E-state index contributed by atoms with van der Waals surface area (Å²) in [6.07, 6.45) is 0.546. The number of fused-ring (bicyclic) bond motifs is 1. The van der Waals surface area contributed by atoms with E-state index in [1.54, 1.807) is 6.92 Å². The maximum atomic E-state index is 12.8. The molecule has 1 aromatic heterocycles. The average Bonchev–Trinajstić information content (AvgIpc) is 2.88. The van der Waals surface area contributed by atoms with Crippen LogP contribution in [0.4, 0.5) is 4.39 Å². The highest BCUT2D eigenvalue weighted by Gasteiger charge is 2.11. The van der Waals surface area contributed by atoms with Gasteiger partial charge in [0.2, 0.25) is 10.0 Å². The van der Waals surface area contributed by atoms with Crippen molar-refractivity contribution in [2.24, 2.45) is 0 Å². The summed E-state index contributed by atoms with van der Waals surface area (Å²) < 4.78 is 44.9. The van der Waals surface area contributed by atoms with E-state index in [2.05, 4.69) is 9.71 Å². The first-order valence-electron chi connectivity index (χ1n) is 7.49. The number of hydrogen-bond acceptors (Lipinski definition) is 4. The van der Waals surface area contributed by atoms with Gasteiger partial charge in [0.1, 0.15) is 11.3 Å². The molecule has 3 aromatic rings. The van der Waals surface area contributed by atoms with Crippen LogP contribution in [0.2, 0.25) is 0 Å². The zero-order valence-electron chi connectivity index (χ0n) is 13.1. The van der Waals surface area contributed by atoms with Crippen LogP contribution >= 0.6 is 0 Å². The van der Waals surface area contributed by atoms with Crippen molar-refractivity contribution < 1.29 is 17.2 Å². The van der Waals surface area contributed by atoms with Crippen LogP contribution in [0.25, 0.3) is 11.1 Å². The molecule has 0 aliphatic carbocycles. The molecule has 0 aliphatic heterocycles. The number of aryl methyl sites for hydroxylation is 1. The summed E-state index contributed by atoms with van der Waals surface area (Å²) in [5, 5.41) is 0. The van der Waals surface area contributed by atoms with Crippen molar-refractivity contribution in [3.05, 3.63) is 65.3 Å². The van der Waals surface area contributed by atoms with Gasteiger partial charge in [0.25, 0.3) is 0 Å². The summed E-state index contributed by atoms with van der Waals surface area (Å²) in [6, 6.07) is 11.0. The SMILES string of the molecule is Cc1nc2cc(CCNS(=O)(=O)Cc3ccc(F)cc3)ccc2o1. The van der Waals surface area contributed by atoms with Crippen LogP contribution < -0.4 is 4.72 Å². The Morgan fingerprint density at radius 1 is 1.12 bits per heavy atom. The fourth-order valence-electron chi connectivity index (χ4n) is 2.45. The number of sulfonamides is 1. The summed E-state index contributed by atoms with van der Waals surface area (Å²) in [7, 11) is -3.46. The zero-order chi connectivity index (χ0) is 17.2. The average molecular weight is 348 g/mol. The van der Waals surface area contributed by atoms with Crippen molar-refractivity contribution in [3.63, 3.8) is 0 Å². The van der Waals surface area contributed by atoms with Crippen molar-refractivity contribution in [1.29, 1.82) is 0 Å². The van der Waals surface area contributed by atoms with E-state index < -0.39 is 10.0 Å². The minimum atomic E-state index is -3.46. The number of halogens is 1. The largest absolute Gasteiger partial charge is 0.441 e. The van der Waals surface area contributed by atoms with Crippen molar-refractivity contribution in [3.8, 4) is 0 Å². The molecule has 0 bridgehead atoms. The monoisotopic (exact) mass is 348 g/mol. The van der Waals surface area contributed by atoms with Crippen molar-refractivity contribution in [2.45, 2.75) is 19.1 Å². The van der Waals surface area contributed by atoms with Crippen molar-refractivity contribution >= 4 is 21.1 Å². The molecule has 1 heterocycles. The van der Waals surface area contributed by atoms with Gasteiger partial charge < -0.3 is 4.42 Å². The summed E-state index contributed by atoms with van der Waals surface area (Å²) in [5.74, 6) is 0.0409. The number of oxazole rings is 1. The molecule has 0 amide bonds. The zero-order valence-corrected chi connectivity index (χ0v) is 13.9. The smallest absolute Gasteiger partial charge is 0.215 e. The molecule has 0 aliphatic rings. The molecule has 0 spiro atoms. The van der Waals surface area contributed by atoms with Gasteiger partial charge in [-0.3, -0.25) is 0 Å². The van der Waals surface area contributed by atoms with Crippen molar-refractivity contribution in [2.75, 3.05) is 6.54 Å². The van der Waals surface area contributed by atoms with Crippen LogP contribution in [0.15, 0.2) is 46.9 Å². The second kappa shape index (κ2) is 6.70. The van der Waals surface area contributed by atoms with Gasteiger partial charge in [-0.2, -0.15) is 0 Å². The fraction of sp³-hybridized carbons (Fsp3) is 0.235. The van der Waals surface area contributed by atoms with Gasteiger partial charge >= 0.3 is 0 Å². The van der Waals surface area contributed by atoms with Gasteiger partial charge in [-0.25, -0.2) is 22.5 Å². The van der Waals surface area contributed by atoms with Crippen LogP contribution in [0.1, 0.15) is 17.0 Å². The predicted molar refractivity (Wildman–Crippen MR) is 89.5 cm³/mol. The van der Waals surface area contributed by atoms with Crippen LogP contribution in [0.3, 0.4) is 0 Å². The second-order valence-electron chi connectivity index (χ2n) is 5.56. The fourth-order valence-corrected chi connectivity index (χ4v) is 3.59. The van der Waals surface area contributed by atoms with Gasteiger partial charge in [0.15, 0.2) is 11.5 Å². The van der Waals surface area contributed by atoms with E-state index in [4.69, 9.17) is 4.42 Å². The Kier molecular flexibility index (Phi) is 4.64. The first kappa shape index (κ1) is 16.6. The molecule has 0 saturated carbocycles. The van der Waals surface area contributed by atoms with Gasteiger partial charge in [-0.15, -0.1) is 0 Å². The summed E-state index contributed by atoms with van der Waals surface area (Å²) in [6.45, 7) is 2.06. The highest BCUT2D eigenvalue weighted by atomic mass is 32.2. The molecule has 5 nitrogen and oxygen atoms in total. The third-order valence-electron chi connectivity index (χ3n) is 3.56. The number of nitrogens with zero attached hydrogens (tertiary/aromatic N) is 1. The maximum absolute atomic E-state index is 12.8. The van der Waals surface area contributed by atoms with E-state index in [0.717, 1.165) is 11.1 Å². The molecule has 2 aromatic carbocycles. The number of hydrogen-bond donors (Lipinski definition) is 1. The van der Waals surface area contributed by atoms with Crippen LogP contribution in [-0.2, 0) is 22.2 Å². The van der Waals surface area contributed by atoms with Gasteiger partial charge in [-0.1, -0.05) is 18.2 Å². The molecule has 0 saturated heterocycles. The molecule has 7 heteroatoms. The third kappa shape index (κ3) is 4.18. The van der Waals surface area contributed by atoms with Gasteiger partial charge in [0.05, 0.1) is 5.75 Å². The Balaban J connectivity index is 1.58. The summed E-state index contributed by atoms with van der Waals surface area (Å²) in [5.41, 5.74) is 3.00. The highest BCUT2D eigenvalue weighted by molar-refractivity contribution is 7.88. The van der Waals surface area contributed by atoms with Gasteiger partial charge in [0, 0.05) is 13.5 Å². The summed E-state index contributed by atoms with van der Waals surface area (Å²) in [4.78, 5) is 4.26. The highest BCUT2D eigenvalue weighted by Crippen LogP contribution is 2.17. The third-order valence-corrected chi connectivity index (χ3v) is 4.92. The molecule has 0 atom stereocenters. The molecular weight excluding hydrogens is 331 g/mol. The molecule has 0 unspecified atom stereocenters. The number of benzene rings is 2. The number of rotatable bonds is 6. The van der Waals surface area contributed by atoms with E-state index >= 15 is 0 Å². The lowest BCUT2D eigenvalue weighted by molar-refractivity contribution is 0.561. The lowest BCUT2D eigenvalue weighted by atomic mass is 10.1. The maximum Gasteiger partial charge on any atom is 0.215 e. The quantitative estimate of drug-likeness (QED) is 0.743. The topological polar surface area (TPSA) is 72.2 Å². The van der Waals surface area contributed by atoms with Crippen LogP contribution in [0, 0.1) is 12.7 Å². The minimum Gasteiger partial charge on any atom is -0.441 e. The first-order valence-corrected chi connectivity index (χ1v) is 9.14. The minimum absolute atomic E-state index is 0.172. The molecule has 126 valence electrons. The Morgan fingerprint density at radius 2 is 1.83 bits per heavy atom. The predicted octanol–water partition coefficient (Wildman–Crippen LogP) is 2.94. The Morgan fingerprint density at radius 3 is 2.58 bits per heavy atom. The van der Waals surface area contributed by atoms with E-state index in [0.29, 0.717) is 23.5 Å². The Bertz CT molecular complexity index is 950. The van der Waals surface area contributed by atoms with E-state index in [1.165, 1.54) is 24.3 Å². The normalized spacial score (nSPS) is 11.9. The van der Waals surface area contributed by atoms with E-state index in [9.17, 15) is 12.8 Å². The molecule has 3 rings (SSSR count). The summed E-state index contributed by atoms with van der Waals surface area (Å²) >= 11 is 0. The van der Waals surface area contributed by atoms with Crippen LogP contribution in [-0.4, -0.2) is 19.9 Å². The molecule has 24 heavy (non-hydrogen) atoms. The second-order valence-corrected chi connectivity index (χ2v) is 7.37. The van der Waals surface area contributed by atoms with E-state index in [1.807, 2.05) is 18.2 Å². The molecular formula is C17H17FN2O3S. The number of nitrogens with one attached hydrogen (secondary N) is 1.